The smallest absolute Gasteiger partial charge is 0.244 e. The second kappa shape index (κ2) is 4.96. The highest BCUT2D eigenvalue weighted by atomic mass is 32.2. The SMILES string of the molecule is Cc1ccc2c(c1)CCC2NS(=O)(=O)c1cnn(C)c1C. The van der Waals surface area contributed by atoms with Gasteiger partial charge in [0.2, 0.25) is 10.0 Å². The number of rotatable bonds is 3. The van der Waals surface area contributed by atoms with Crippen molar-refractivity contribution < 1.29 is 8.42 Å². The molecule has 1 heterocycles. The van der Waals surface area contributed by atoms with E-state index in [2.05, 4.69) is 22.8 Å². The molecule has 5 nitrogen and oxygen atoms in total. The fourth-order valence-corrected chi connectivity index (χ4v) is 4.32. The number of hydrogen-bond donors (Lipinski definition) is 1. The fraction of sp³-hybridized carbons (Fsp3) is 0.400. The van der Waals surface area contributed by atoms with Gasteiger partial charge in [0.15, 0.2) is 0 Å². The molecule has 1 atom stereocenters. The average Bonchev–Trinajstić information content (AvgIpc) is 2.94. The maximum Gasteiger partial charge on any atom is 0.244 e. The zero-order valence-electron chi connectivity index (χ0n) is 12.4. The van der Waals surface area contributed by atoms with Crippen LogP contribution in [0.3, 0.4) is 0 Å². The van der Waals surface area contributed by atoms with Crippen LogP contribution in [0.5, 0.6) is 0 Å². The zero-order chi connectivity index (χ0) is 15.2. The Morgan fingerprint density at radius 3 is 2.76 bits per heavy atom. The van der Waals surface area contributed by atoms with Crippen LogP contribution in [0.2, 0.25) is 0 Å². The standard InChI is InChI=1S/C15H19N3O2S/c1-10-4-6-13-12(8-10)5-7-14(13)17-21(19,20)15-9-16-18(3)11(15)2/h4,6,8-9,14,17H,5,7H2,1-3H3. The van der Waals surface area contributed by atoms with Gasteiger partial charge in [0.1, 0.15) is 4.90 Å². The predicted molar refractivity (Wildman–Crippen MR) is 80.5 cm³/mol. The molecule has 1 aliphatic rings. The third-order valence-electron chi connectivity index (χ3n) is 4.15. The first-order valence-corrected chi connectivity index (χ1v) is 8.47. The van der Waals surface area contributed by atoms with Crippen molar-refractivity contribution in [2.24, 2.45) is 7.05 Å². The van der Waals surface area contributed by atoms with Crippen LogP contribution in [-0.2, 0) is 23.5 Å². The molecule has 0 saturated heterocycles. The first-order valence-electron chi connectivity index (χ1n) is 6.99. The van der Waals surface area contributed by atoms with E-state index in [1.165, 1.54) is 17.3 Å². The van der Waals surface area contributed by atoms with Crippen molar-refractivity contribution in [1.82, 2.24) is 14.5 Å². The van der Waals surface area contributed by atoms with Crippen LogP contribution in [0.15, 0.2) is 29.3 Å². The highest BCUT2D eigenvalue weighted by molar-refractivity contribution is 7.89. The number of sulfonamides is 1. The van der Waals surface area contributed by atoms with E-state index in [0.717, 1.165) is 18.4 Å². The summed E-state index contributed by atoms with van der Waals surface area (Å²) in [4.78, 5) is 0.255. The molecule has 0 aliphatic heterocycles. The Morgan fingerprint density at radius 2 is 2.10 bits per heavy atom. The summed E-state index contributed by atoms with van der Waals surface area (Å²) < 4.78 is 29.5. The average molecular weight is 305 g/mol. The summed E-state index contributed by atoms with van der Waals surface area (Å²) in [5.41, 5.74) is 4.18. The first kappa shape index (κ1) is 14.3. The lowest BCUT2D eigenvalue weighted by Gasteiger charge is -2.14. The van der Waals surface area contributed by atoms with E-state index in [4.69, 9.17) is 0 Å². The lowest BCUT2D eigenvalue weighted by molar-refractivity contribution is 0.553. The second-order valence-corrected chi connectivity index (χ2v) is 7.32. The van der Waals surface area contributed by atoms with Crippen molar-refractivity contribution >= 4 is 10.0 Å². The Morgan fingerprint density at radius 1 is 1.33 bits per heavy atom. The van der Waals surface area contributed by atoms with Crippen LogP contribution in [-0.4, -0.2) is 18.2 Å². The molecule has 1 aromatic carbocycles. The van der Waals surface area contributed by atoms with Crippen molar-refractivity contribution in [3.63, 3.8) is 0 Å². The van der Waals surface area contributed by atoms with E-state index < -0.39 is 10.0 Å². The molecule has 0 spiro atoms. The van der Waals surface area contributed by atoms with E-state index in [1.807, 2.05) is 12.1 Å². The van der Waals surface area contributed by atoms with E-state index >= 15 is 0 Å². The minimum atomic E-state index is -3.54. The summed E-state index contributed by atoms with van der Waals surface area (Å²) in [6.07, 6.45) is 3.12. The van der Waals surface area contributed by atoms with Gasteiger partial charge in [0.05, 0.1) is 11.9 Å². The first-order chi connectivity index (χ1) is 9.88. The summed E-state index contributed by atoms with van der Waals surface area (Å²) >= 11 is 0. The largest absolute Gasteiger partial charge is 0.272 e. The lowest BCUT2D eigenvalue weighted by Crippen LogP contribution is -2.27. The van der Waals surface area contributed by atoms with E-state index in [0.29, 0.717) is 5.69 Å². The van der Waals surface area contributed by atoms with Gasteiger partial charge in [0.25, 0.3) is 0 Å². The molecular formula is C15H19N3O2S. The minimum absolute atomic E-state index is 0.148. The van der Waals surface area contributed by atoms with Crippen LogP contribution < -0.4 is 4.72 Å². The second-order valence-electron chi connectivity index (χ2n) is 5.63. The molecule has 0 amide bonds. The molecule has 1 N–H and O–H groups in total. The van der Waals surface area contributed by atoms with Crippen molar-refractivity contribution in [3.05, 3.63) is 46.8 Å². The van der Waals surface area contributed by atoms with Crippen LogP contribution >= 0.6 is 0 Å². The normalized spacial score (nSPS) is 18.0. The molecule has 6 heteroatoms. The van der Waals surface area contributed by atoms with Gasteiger partial charge in [-0.25, -0.2) is 13.1 Å². The van der Waals surface area contributed by atoms with Crippen molar-refractivity contribution in [2.45, 2.75) is 37.6 Å². The number of nitrogens with one attached hydrogen (secondary N) is 1. The quantitative estimate of drug-likeness (QED) is 0.943. The number of fused-ring (bicyclic) bond motifs is 1. The minimum Gasteiger partial charge on any atom is -0.272 e. The summed E-state index contributed by atoms with van der Waals surface area (Å²) in [5, 5.41) is 4.01. The molecule has 0 saturated carbocycles. The van der Waals surface area contributed by atoms with Crippen LogP contribution in [0, 0.1) is 13.8 Å². The van der Waals surface area contributed by atoms with Crippen LogP contribution in [0.25, 0.3) is 0 Å². The van der Waals surface area contributed by atoms with Crippen molar-refractivity contribution in [1.29, 1.82) is 0 Å². The maximum atomic E-state index is 12.5. The Hall–Kier alpha value is -1.66. The summed E-state index contributed by atoms with van der Waals surface area (Å²) in [7, 11) is -1.80. The lowest BCUT2D eigenvalue weighted by atomic mass is 10.1. The maximum absolute atomic E-state index is 12.5. The van der Waals surface area contributed by atoms with Gasteiger partial charge in [-0.3, -0.25) is 4.68 Å². The van der Waals surface area contributed by atoms with Gasteiger partial charge in [0, 0.05) is 13.1 Å². The fourth-order valence-electron chi connectivity index (χ4n) is 2.86. The third kappa shape index (κ3) is 2.49. The number of nitrogens with zero attached hydrogens (tertiary/aromatic N) is 2. The molecule has 1 aromatic heterocycles. The van der Waals surface area contributed by atoms with Gasteiger partial charge in [-0.15, -0.1) is 0 Å². The van der Waals surface area contributed by atoms with Crippen LogP contribution in [0.1, 0.15) is 34.8 Å². The van der Waals surface area contributed by atoms with Gasteiger partial charge in [-0.2, -0.15) is 5.10 Å². The van der Waals surface area contributed by atoms with Gasteiger partial charge < -0.3 is 0 Å². The van der Waals surface area contributed by atoms with Gasteiger partial charge in [-0.05, 0) is 37.8 Å². The number of aryl methyl sites for hydroxylation is 3. The molecule has 1 aliphatic carbocycles. The molecule has 21 heavy (non-hydrogen) atoms. The van der Waals surface area contributed by atoms with E-state index in [9.17, 15) is 8.42 Å². The molecule has 2 aromatic rings. The van der Waals surface area contributed by atoms with Gasteiger partial charge in [-0.1, -0.05) is 23.8 Å². The van der Waals surface area contributed by atoms with Crippen molar-refractivity contribution in [3.8, 4) is 0 Å². The highest BCUT2D eigenvalue weighted by Crippen LogP contribution is 2.33. The zero-order valence-corrected chi connectivity index (χ0v) is 13.2. The summed E-state index contributed by atoms with van der Waals surface area (Å²) in [6.45, 7) is 3.81. The molecular weight excluding hydrogens is 286 g/mol. The number of benzene rings is 1. The number of hydrogen-bond acceptors (Lipinski definition) is 3. The monoisotopic (exact) mass is 305 g/mol. The highest BCUT2D eigenvalue weighted by Gasteiger charge is 2.29. The Labute approximate surface area is 125 Å². The van der Waals surface area contributed by atoms with Gasteiger partial charge >= 0.3 is 0 Å². The molecule has 1 unspecified atom stereocenters. The topological polar surface area (TPSA) is 64.0 Å². The Bertz CT molecular complexity index is 793. The molecule has 0 radical (unpaired) electrons. The Balaban J connectivity index is 1.90. The summed E-state index contributed by atoms with van der Waals surface area (Å²) in [6, 6.07) is 6.05. The third-order valence-corrected chi connectivity index (χ3v) is 5.73. The Kier molecular flexibility index (Phi) is 3.37. The van der Waals surface area contributed by atoms with E-state index in [-0.39, 0.29) is 10.9 Å². The number of aromatic nitrogens is 2. The van der Waals surface area contributed by atoms with Crippen LogP contribution in [0.4, 0.5) is 0 Å². The van der Waals surface area contributed by atoms with Crippen molar-refractivity contribution in [2.75, 3.05) is 0 Å². The predicted octanol–water partition coefficient (Wildman–Crippen LogP) is 2.00. The van der Waals surface area contributed by atoms with E-state index in [1.54, 1.807) is 18.7 Å². The molecule has 0 bridgehead atoms. The molecule has 3 rings (SSSR count). The molecule has 0 fully saturated rings. The summed E-state index contributed by atoms with van der Waals surface area (Å²) in [5.74, 6) is 0. The molecule has 112 valence electrons.